The number of para-hydroxylation sites is 2. The number of aromatic hydroxyl groups is 1. The van der Waals surface area contributed by atoms with Crippen LogP contribution in [0.5, 0.6) is 11.5 Å². The van der Waals surface area contributed by atoms with Gasteiger partial charge in [0.2, 0.25) is 0 Å². The van der Waals surface area contributed by atoms with E-state index >= 15 is 0 Å². The van der Waals surface area contributed by atoms with Crippen LogP contribution in [0.2, 0.25) is 0 Å². The van der Waals surface area contributed by atoms with Gasteiger partial charge in [0, 0.05) is 18.7 Å². The maximum atomic E-state index is 10.8. The van der Waals surface area contributed by atoms with E-state index in [-0.39, 0.29) is 11.9 Å². The number of benzene rings is 2. The molecule has 0 unspecified atom stereocenters. The van der Waals surface area contributed by atoms with Crippen molar-refractivity contribution in [3.63, 3.8) is 0 Å². The molecule has 0 spiro atoms. The van der Waals surface area contributed by atoms with E-state index in [0.717, 1.165) is 44.3 Å². The summed E-state index contributed by atoms with van der Waals surface area (Å²) in [6.45, 7) is 0.700. The van der Waals surface area contributed by atoms with Gasteiger partial charge in [0.15, 0.2) is 0 Å². The third-order valence-corrected chi connectivity index (χ3v) is 4.53. The van der Waals surface area contributed by atoms with Gasteiger partial charge in [-0.2, -0.15) is 0 Å². The molecule has 33 heavy (non-hydrogen) atoms. The lowest BCUT2D eigenvalue weighted by molar-refractivity contribution is -0.141. The van der Waals surface area contributed by atoms with Crippen molar-refractivity contribution in [2.75, 3.05) is 26.7 Å². The van der Waals surface area contributed by atoms with Gasteiger partial charge in [0.05, 0.1) is 20.8 Å². The molecule has 0 atom stereocenters. The molecule has 1 N–H and O–H groups in total. The molecule has 0 aromatic heterocycles. The minimum Gasteiger partial charge on any atom is -0.508 e. The van der Waals surface area contributed by atoms with Crippen LogP contribution in [0.3, 0.4) is 0 Å². The highest BCUT2D eigenvalue weighted by atomic mass is 35.5. The number of phenols is 1. The lowest BCUT2D eigenvalue weighted by atomic mass is 10.2. The summed E-state index contributed by atoms with van der Waals surface area (Å²) in [6, 6.07) is 18.5. The number of alkyl halides is 1. The first-order valence-corrected chi connectivity index (χ1v) is 11.7. The predicted octanol–water partition coefficient (Wildman–Crippen LogP) is 6.15. The number of esters is 2. The SMILES string of the molecule is COC(=O)CCCCCCl.COC(=O)CCCCCOc1ccccc1.Oc1ccccc1. The van der Waals surface area contributed by atoms with Gasteiger partial charge in [0.1, 0.15) is 11.5 Å². The van der Waals surface area contributed by atoms with Crippen molar-refractivity contribution < 1.29 is 28.9 Å². The van der Waals surface area contributed by atoms with E-state index in [1.807, 2.05) is 36.4 Å². The van der Waals surface area contributed by atoms with Crippen LogP contribution >= 0.6 is 11.6 Å². The molecule has 2 aromatic rings. The predicted molar refractivity (Wildman–Crippen MR) is 132 cm³/mol. The Morgan fingerprint density at radius 3 is 1.64 bits per heavy atom. The van der Waals surface area contributed by atoms with Gasteiger partial charge in [-0.1, -0.05) is 42.8 Å². The number of rotatable bonds is 12. The van der Waals surface area contributed by atoms with E-state index < -0.39 is 0 Å². The molecule has 0 heterocycles. The van der Waals surface area contributed by atoms with Crippen molar-refractivity contribution in [3.8, 4) is 11.5 Å². The summed E-state index contributed by atoms with van der Waals surface area (Å²) in [4.78, 5) is 21.3. The van der Waals surface area contributed by atoms with Crippen molar-refractivity contribution in [1.29, 1.82) is 0 Å². The van der Waals surface area contributed by atoms with Crippen molar-refractivity contribution >= 4 is 23.5 Å². The number of hydrogen-bond donors (Lipinski definition) is 1. The Morgan fingerprint density at radius 1 is 0.727 bits per heavy atom. The first-order chi connectivity index (χ1) is 16.0. The molecule has 184 valence electrons. The topological polar surface area (TPSA) is 82.1 Å². The van der Waals surface area contributed by atoms with E-state index in [1.165, 1.54) is 14.2 Å². The van der Waals surface area contributed by atoms with Crippen LogP contribution in [0.1, 0.15) is 51.4 Å². The summed E-state index contributed by atoms with van der Waals surface area (Å²) < 4.78 is 14.5. The highest BCUT2D eigenvalue weighted by molar-refractivity contribution is 6.17. The highest BCUT2D eigenvalue weighted by Gasteiger charge is 1.99. The minimum atomic E-state index is -0.135. The van der Waals surface area contributed by atoms with E-state index in [2.05, 4.69) is 9.47 Å². The summed E-state index contributed by atoms with van der Waals surface area (Å²) in [5.74, 6) is 1.64. The standard InChI is InChI=1S/C13H18O3.C7H13ClO2.C6H6O/c1-15-13(14)10-6-3-7-11-16-12-8-4-2-5-9-12;1-10-7(9)5-3-2-4-6-8;7-6-4-2-1-3-5-6/h2,4-5,8-9H,3,6-7,10-11H2,1H3;2-6H2,1H3;1-5,7H. The lowest BCUT2D eigenvalue weighted by Crippen LogP contribution is -2.01. The van der Waals surface area contributed by atoms with Crippen LogP contribution < -0.4 is 4.74 Å². The second kappa shape index (κ2) is 22.5. The van der Waals surface area contributed by atoms with Crippen molar-refractivity contribution in [2.45, 2.75) is 51.4 Å². The Hall–Kier alpha value is -2.73. The fourth-order valence-electron chi connectivity index (χ4n) is 2.43. The molecule has 6 nitrogen and oxygen atoms in total. The van der Waals surface area contributed by atoms with Crippen LogP contribution in [0.25, 0.3) is 0 Å². The zero-order chi connectivity index (χ0) is 24.6. The summed E-state index contributed by atoms with van der Waals surface area (Å²) in [5.41, 5.74) is 0. The molecule has 0 radical (unpaired) electrons. The molecule has 0 aliphatic rings. The molecule has 0 bridgehead atoms. The fraction of sp³-hybridized carbons (Fsp3) is 0.462. The molecular weight excluding hydrogens is 444 g/mol. The van der Waals surface area contributed by atoms with Crippen LogP contribution in [0.4, 0.5) is 0 Å². The maximum absolute atomic E-state index is 10.8. The maximum Gasteiger partial charge on any atom is 0.305 e. The van der Waals surface area contributed by atoms with Gasteiger partial charge in [-0.25, -0.2) is 0 Å². The molecule has 0 fully saturated rings. The first kappa shape index (κ1) is 30.3. The third kappa shape index (κ3) is 20.9. The second-order valence-corrected chi connectivity index (χ2v) is 7.34. The monoisotopic (exact) mass is 480 g/mol. The summed E-state index contributed by atoms with van der Waals surface area (Å²) in [7, 11) is 2.82. The average Bonchev–Trinajstić information content (AvgIpc) is 2.85. The quantitative estimate of drug-likeness (QED) is 0.223. The number of carbonyl (C=O) groups is 2. The molecular formula is C26H37ClO6. The highest BCUT2D eigenvalue weighted by Crippen LogP contribution is 2.09. The van der Waals surface area contributed by atoms with E-state index in [9.17, 15) is 9.59 Å². The fourth-order valence-corrected chi connectivity index (χ4v) is 2.62. The normalized spacial score (nSPS) is 9.42. The molecule has 0 saturated carbocycles. The smallest absolute Gasteiger partial charge is 0.305 e. The van der Waals surface area contributed by atoms with Crippen LogP contribution in [0.15, 0.2) is 60.7 Å². The molecule has 7 heteroatoms. The molecule has 0 aliphatic heterocycles. The number of unbranched alkanes of at least 4 members (excludes halogenated alkanes) is 4. The van der Waals surface area contributed by atoms with Crippen LogP contribution in [0, 0.1) is 0 Å². The number of halogens is 1. The van der Waals surface area contributed by atoms with Crippen LogP contribution in [-0.2, 0) is 19.1 Å². The summed E-state index contributed by atoms with van der Waals surface area (Å²) >= 11 is 5.43. The molecule has 0 amide bonds. The molecule has 0 saturated heterocycles. The number of methoxy groups -OCH3 is 2. The lowest BCUT2D eigenvalue weighted by Gasteiger charge is -2.05. The second-order valence-electron chi connectivity index (χ2n) is 6.96. The zero-order valence-electron chi connectivity index (χ0n) is 19.7. The molecule has 2 aromatic carbocycles. The molecule has 2 rings (SSSR count). The van der Waals surface area contributed by atoms with E-state index in [1.54, 1.807) is 24.3 Å². The van der Waals surface area contributed by atoms with Gasteiger partial charge in [-0.05, 0) is 56.4 Å². The third-order valence-electron chi connectivity index (χ3n) is 4.26. The largest absolute Gasteiger partial charge is 0.508 e. The Bertz CT molecular complexity index is 709. The van der Waals surface area contributed by atoms with Gasteiger partial charge in [0.25, 0.3) is 0 Å². The number of phenolic OH excluding ortho intramolecular Hbond substituents is 1. The van der Waals surface area contributed by atoms with Gasteiger partial charge in [-0.3, -0.25) is 9.59 Å². The van der Waals surface area contributed by atoms with Crippen molar-refractivity contribution in [2.24, 2.45) is 0 Å². The minimum absolute atomic E-state index is 0.130. The first-order valence-electron chi connectivity index (χ1n) is 11.1. The zero-order valence-corrected chi connectivity index (χ0v) is 20.5. The van der Waals surface area contributed by atoms with E-state index in [4.69, 9.17) is 21.4 Å². The van der Waals surface area contributed by atoms with Crippen molar-refractivity contribution in [1.82, 2.24) is 0 Å². The summed E-state index contributed by atoms with van der Waals surface area (Å²) in [6.07, 6.45) is 6.73. The van der Waals surface area contributed by atoms with Crippen molar-refractivity contribution in [3.05, 3.63) is 60.7 Å². The van der Waals surface area contributed by atoms with Crippen LogP contribution in [-0.4, -0.2) is 43.8 Å². The summed E-state index contributed by atoms with van der Waals surface area (Å²) in [5, 5.41) is 8.63. The molecule has 0 aliphatic carbocycles. The number of ether oxygens (including phenoxy) is 3. The van der Waals surface area contributed by atoms with Gasteiger partial charge < -0.3 is 19.3 Å². The van der Waals surface area contributed by atoms with Gasteiger partial charge >= 0.3 is 11.9 Å². The average molecular weight is 481 g/mol. The Balaban J connectivity index is 0.000000513. The van der Waals surface area contributed by atoms with Gasteiger partial charge in [-0.15, -0.1) is 11.6 Å². The number of carbonyl (C=O) groups excluding carboxylic acids is 2. The Labute approximate surface area is 202 Å². The Morgan fingerprint density at radius 2 is 1.21 bits per heavy atom. The van der Waals surface area contributed by atoms with E-state index in [0.29, 0.717) is 31.1 Å². The number of hydrogen-bond acceptors (Lipinski definition) is 6. The Kier molecular flexibility index (Phi) is 20.6.